The number of hydrogen-bond donors (Lipinski definition) is 2. The van der Waals surface area contributed by atoms with E-state index in [0.717, 1.165) is 32.1 Å². The average molecular weight is 634 g/mol. The third-order valence-electron chi connectivity index (χ3n) is 9.79. The van der Waals surface area contributed by atoms with Gasteiger partial charge in [-0.1, -0.05) is 54.6 Å². The van der Waals surface area contributed by atoms with Crippen LogP contribution in [0.2, 0.25) is 10.0 Å². The molecule has 0 radical (unpaired) electrons. The summed E-state index contributed by atoms with van der Waals surface area (Å²) < 4.78 is 11.8. The van der Waals surface area contributed by atoms with E-state index in [-0.39, 0.29) is 36.6 Å². The number of likely N-dealkylation sites (tertiary alicyclic amines) is 2. The highest BCUT2D eigenvalue weighted by atomic mass is 35.5. The van der Waals surface area contributed by atoms with Gasteiger partial charge in [0.05, 0.1) is 34.1 Å². The van der Waals surface area contributed by atoms with Gasteiger partial charge in [-0.25, -0.2) is 4.79 Å². The maximum atomic E-state index is 14.5. The van der Waals surface area contributed by atoms with Gasteiger partial charge in [0, 0.05) is 30.9 Å². The van der Waals surface area contributed by atoms with Crippen molar-refractivity contribution in [2.45, 2.75) is 88.1 Å². The van der Waals surface area contributed by atoms with E-state index in [0.29, 0.717) is 41.7 Å². The van der Waals surface area contributed by atoms with Crippen molar-refractivity contribution in [3.05, 3.63) is 40.4 Å². The number of anilines is 1. The number of benzene rings is 1. The Kier molecular flexibility index (Phi) is 8.15. The number of piperidine rings is 1. The van der Waals surface area contributed by atoms with Crippen molar-refractivity contribution < 1.29 is 28.7 Å². The molecule has 0 aromatic heterocycles. The summed E-state index contributed by atoms with van der Waals surface area (Å²) in [5.41, 5.74) is -1.92. The highest BCUT2D eigenvalue weighted by Crippen LogP contribution is 2.60. The van der Waals surface area contributed by atoms with Crippen LogP contribution in [0, 0.1) is 11.8 Å². The second-order valence-electron chi connectivity index (χ2n) is 12.5. The molecule has 3 saturated heterocycles. The molecule has 3 unspecified atom stereocenters. The summed E-state index contributed by atoms with van der Waals surface area (Å²) in [4.78, 5) is 58.3. The molecular weight excluding hydrogens is 595 g/mol. The number of ether oxygens (including phenoxy) is 2. The smallest absolute Gasteiger partial charge is 0.409 e. The SMILES string of the molecule is CCOC(=O)N1CCC(N2C(=O)[C@H]3C(C(=O)Nc4ccc(Cl)c(Cl)c4)[C@@]4(C)C=CC3(O4)C2C(=O)NC2CCCCC2)CC1. The number of nitrogens with zero attached hydrogens (tertiary/aromatic N) is 2. The van der Waals surface area contributed by atoms with Gasteiger partial charge in [0.1, 0.15) is 11.6 Å². The molecule has 5 atom stereocenters. The van der Waals surface area contributed by atoms with Crippen LogP contribution in [0.15, 0.2) is 30.4 Å². The number of amides is 4. The highest BCUT2D eigenvalue weighted by molar-refractivity contribution is 6.42. The van der Waals surface area contributed by atoms with Crippen LogP contribution < -0.4 is 10.6 Å². The Bertz CT molecular complexity index is 1340. The zero-order chi connectivity index (χ0) is 30.5. The van der Waals surface area contributed by atoms with E-state index in [1.807, 2.05) is 12.2 Å². The summed E-state index contributed by atoms with van der Waals surface area (Å²) >= 11 is 12.3. The molecule has 1 aromatic rings. The Hall–Kier alpha value is -2.82. The molecule has 1 saturated carbocycles. The molecule has 1 aromatic carbocycles. The van der Waals surface area contributed by atoms with Gasteiger partial charge >= 0.3 is 6.09 Å². The number of halogens is 2. The number of rotatable bonds is 6. The Balaban J connectivity index is 1.31. The van der Waals surface area contributed by atoms with Crippen LogP contribution in [0.25, 0.3) is 0 Å². The van der Waals surface area contributed by atoms with E-state index < -0.39 is 35.0 Å². The zero-order valence-electron chi connectivity index (χ0n) is 24.4. The van der Waals surface area contributed by atoms with Gasteiger partial charge in [-0.2, -0.15) is 0 Å². The van der Waals surface area contributed by atoms with Crippen molar-refractivity contribution >= 4 is 52.7 Å². The highest BCUT2D eigenvalue weighted by Gasteiger charge is 2.76. The lowest BCUT2D eigenvalue weighted by atomic mass is 9.70. The first-order chi connectivity index (χ1) is 20.6. The van der Waals surface area contributed by atoms with Crippen LogP contribution in [-0.4, -0.2) is 82.6 Å². The average Bonchev–Trinajstić information content (AvgIpc) is 3.56. The van der Waals surface area contributed by atoms with Gasteiger partial charge in [0.2, 0.25) is 17.7 Å². The van der Waals surface area contributed by atoms with Crippen molar-refractivity contribution in [1.82, 2.24) is 15.1 Å². The van der Waals surface area contributed by atoms with E-state index in [1.165, 1.54) is 0 Å². The Morgan fingerprint density at radius 3 is 2.42 bits per heavy atom. The largest absolute Gasteiger partial charge is 0.450 e. The zero-order valence-corrected chi connectivity index (χ0v) is 26.0. The summed E-state index contributed by atoms with van der Waals surface area (Å²) in [6.45, 7) is 4.64. The molecule has 4 heterocycles. The molecule has 10 nitrogen and oxygen atoms in total. The van der Waals surface area contributed by atoms with E-state index >= 15 is 0 Å². The monoisotopic (exact) mass is 632 g/mol. The first kappa shape index (κ1) is 30.2. The van der Waals surface area contributed by atoms with Crippen LogP contribution in [0.1, 0.15) is 58.8 Å². The third kappa shape index (κ3) is 5.19. The minimum absolute atomic E-state index is 0.0335. The van der Waals surface area contributed by atoms with Gasteiger partial charge in [-0.05, 0) is 57.7 Å². The molecule has 4 aliphatic heterocycles. The lowest BCUT2D eigenvalue weighted by Gasteiger charge is -2.41. The van der Waals surface area contributed by atoms with E-state index in [4.69, 9.17) is 32.7 Å². The lowest BCUT2D eigenvalue weighted by molar-refractivity contribution is -0.148. The molecule has 2 N–H and O–H groups in total. The first-order valence-corrected chi connectivity index (χ1v) is 16.0. The van der Waals surface area contributed by atoms with Crippen LogP contribution in [-0.2, 0) is 23.9 Å². The Labute approximate surface area is 261 Å². The molecule has 4 amide bonds. The molecule has 2 bridgehead atoms. The molecule has 6 rings (SSSR count). The summed E-state index contributed by atoms with van der Waals surface area (Å²) in [6, 6.07) is 3.59. The van der Waals surface area contributed by atoms with Crippen LogP contribution in [0.3, 0.4) is 0 Å². The quantitative estimate of drug-likeness (QED) is 0.445. The molecule has 5 aliphatic rings. The van der Waals surface area contributed by atoms with Crippen molar-refractivity contribution in [2.75, 3.05) is 25.0 Å². The fourth-order valence-electron chi connectivity index (χ4n) is 7.82. The summed E-state index contributed by atoms with van der Waals surface area (Å²) in [6.07, 6.45) is 9.27. The number of carbonyl (C=O) groups excluding carboxylic acids is 4. The van der Waals surface area contributed by atoms with Gasteiger partial charge in [-0.3, -0.25) is 14.4 Å². The maximum Gasteiger partial charge on any atom is 0.409 e. The van der Waals surface area contributed by atoms with E-state index in [9.17, 15) is 19.2 Å². The molecular formula is C31H38Cl2N4O6. The Morgan fingerprint density at radius 2 is 1.74 bits per heavy atom. The first-order valence-electron chi connectivity index (χ1n) is 15.3. The number of fused-ring (bicyclic) bond motifs is 1. The third-order valence-corrected chi connectivity index (χ3v) is 10.5. The summed E-state index contributed by atoms with van der Waals surface area (Å²) in [7, 11) is 0. The predicted octanol–water partition coefficient (Wildman–Crippen LogP) is 4.54. The standard InChI is InChI=1S/C31H38Cl2N4O6/c1-3-42-29(41)36-15-11-20(12-16-36)37-25(27(39)34-18-7-5-4-6-8-18)31-14-13-30(2,43-31)23(24(31)28(37)40)26(38)35-19-9-10-21(32)22(33)17-19/h9-10,13-14,17-18,20,23-25H,3-8,11-12,15-16H2,1-2H3,(H,34,39)(H,35,38)/t23?,24-,25?,30-,31?/m1/s1. The van der Waals surface area contributed by atoms with E-state index in [1.54, 1.807) is 41.8 Å². The molecule has 43 heavy (non-hydrogen) atoms. The van der Waals surface area contributed by atoms with Gasteiger partial charge in [-0.15, -0.1) is 0 Å². The number of nitrogens with one attached hydrogen (secondary N) is 2. The fourth-order valence-corrected chi connectivity index (χ4v) is 8.12. The second kappa shape index (κ2) is 11.6. The topological polar surface area (TPSA) is 117 Å². The maximum absolute atomic E-state index is 14.5. The van der Waals surface area contributed by atoms with Crippen LogP contribution >= 0.6 is 23.2 Å². The normalized spacial score (nSPS) is 32.2. The second-order valence-corrected chi connectivity index (χ2v) is 13.3. The summed E-state index contributed by atoms with van der Waals surface area (Å²) in [5.74, 6) is -2.70. The number of hydrogen-bond acceptors (Lipinski definition) is 6. The molecule has 1 spiro atoms. The van der Waals surface area contributed by atoms with Gasteiger partial charge < -0.3 is 29.9 Å². The van der Waals surface area contributed by atoms with Crippen molar-refractivity contribution in [3.63, 3.8) is 0 Å². The van der Waals surface area contributed by atoms with Crippen LogP contribution in [0.4, 0.5) is 10.5 Å². The van der Waals surface area contributed by atoms with Crippen molar-refractivity contribution in [2.24, 2.45) is 11.8 Å². The van der Waals surface area contributed by atoms with Crippen molar-refractivity contribution in [1.29, 1.82) is 0 Å². The Morgan fingerprint density at radius 1 is 1.02 bits per heavy atom. The minimum atomic E-state index is -1.29. The fraction of sp³-hybridized carbons (Fsp3) is 0.613. The van der Waals surface area contributed by atoms with Crippen molar-refractivity contribution in [3.8, 4) is 0 Å². The van der Waals surface area contributed by atoms with E-state index in [2.05, 4.69) is 10.6 Å². The lowest BCUT2D eigenvalue weighted by Crippen LogP contribution is -2.60. The number of carbonyl (C=O) groups is 4. The summed E-state index contributed by atoms with van der Waals surface area (Å²) in [5, 5.41) is 6.79. The molecule has 1 aliphatic carbocycles. The van der Waals surface area contributed by atoms with Gasteiger partial charge in [0.25, 0.3) is 0 Å². The van der Waals surface area contributed by atoms with Crippen LogP contribution in [0.5, 0.6) is 0 Å². The molecule has 12 heteroatoms. The minimum Gasteiger partial charge on any atom is -0.450 e. The molecule has 232 valence electrons. The van der Waals surface area contributed by atoms with Gasteiger partial charge in [0.15, 0.2) is 0 Å². The molecule has 4 fully saturated rings. The predicted molar refractivity (Wildman–Crippen MR) is 161 cm³/mol.